The summed E-state index contributed by atoms with van der Waals surface area (Å²) in [5.74, 6) is -2.88. The van der Waals surface area contributed by atoms with Crippen molar-refractivity contribution in [2.45, 2.75) is 24.9 Å². The van der Waals surface area contributed by atoms with Crippen molar-refractivity contribution >= 4 is 29.1 Å². The molecule has 0 aliphatic heterocycles. The second-order valence-electron chi connectivity index (χ2n) is 7.77. The number of hydrogen-bond donors (Lipinski definition) is 2. The van der Waals surface area contributed by atoms with Crippen LogP contribution >= 0.6 is 11.6 Å². The second kappa shape index (κ2) is 9.06. The van der Waals surface area contributed by atoms with Gasteiger partial charge in [-0.3, -0.25) is 24.7 Å². The molecule has 3 N–H and O–H groups in total. The van der Waals surface area contributed by atoms with Crippen LogP contribution in [-0.4, -0.2) is 31.7 Å². The molecule has 0 bridgehead atoms. The third-order valence-electron chi connectivity index (χ3n) is 5.76. The number of primary amides is 1. The smallest absolute Gasteiger partial charge is 0.273 e. The van der Waals surface area contributed by atoms with Crippen molar-refractivity contribution in [3.05, 3.63) is 98.1 Å². The fourth-order valence-electron chi connectivity index (χ4n) is 4.30. The van der Waals surface area contributed by atoms with Gasteiger partial charge in [0.1, 0.15) is 17.6 Å². The third kappa shape index (κ3) is 4.15. The zero-order valence-electron chi connectivity index (χ0n) is 17.5. The van der Waals surface area contributed by atoms with E-state index in [1.54, 1.807) is 12.1 Å². The van der Waals surface area contributed by atoms with E-state index in [1.165, 1.54) is 24.5 Å². The van der Waals surface area contributed by atoms with E-state index in [0.717, 1.165) is 23.1 Å². The topological polar surface area (TPSA) is 140 Å². The van der Waals surface area contributed by atoms with Gasteiger partial charge < -0.3 is 15.7 Å². The van der Waals surface area contributed by atoms with Gasteiger partial charge in [-0.2, -0.15) is 0 Å². The number of aromatic hydroxyl groups is 1. The number of benzene rings is 2. The molecule has 0 spiro atoms. The number of aromatic nitrogens is 1. The molecular weight excluding hydrogens is 467 g/mol. The zero-order valence-corrected chi connectivity index (χ0v) is 18.3. The quantitative estimate of drug-likeness (QED) is 0.402. The number of pyridine rings is 1. The molecule has 3 aromatic rings. The van der Waals surface area contributed by atoms with Crippen LogP contribution in [0.25, 0.3) is 0 Å². The van der Waals surface area contributed by atoms with E-state index in [4.69, 9.17) is 17.3 Å². The van der Waals surface area contributed by atoms with Gasteiger partial charge in [-0.1, -0.05) is 17.7 Å². The van der Waals surface area contributed by atoms with Gasteiger partial charge in [0.15, 0.2) is 0 Å². The van der Waals surface area contributed by atoms with E-state index in [9.17, 15) is 29.2 Å². The van der Waals surface area contributed by atoms with E-state index in [0.29, 0.717) is 16.7 Å². The van der Waals surface area contributed by atoms with Gasteiger partial charge in [-0.25, -0.2) is 4.39 Å². The Hall–Kier alpha value is -4.05. The highest BCUT2D eigenvalue weighted by Crippen LogP contribution is 2.43. The molecule has 174 valence electrons. The summed E-state index contributed by atoms with van der Waals surface area (Å²) in [5.41, 5.74) is 6.10. The van der Waals surface area contributed by atoms with Crippen molar-refractivity contribution < 1.29 is 24.0 Å². The summed E-state index contributed by atoms with van der Waals surface area (Å²) in [6.45, 7) is 0. The lowest BCUT2D eigenvalue weighted by Crippen LogP contribution is -2.43. The molecule has 4 rings (SSSR count). The molecule has 9 nitrogen and oxygen atoms in total. The minimum atomic E-state index is -1.33. The number of fused-ring (bicyclic) bond motifs is 1. The molecule has 0 fully saturated rings. The van der Waals surface area contributed by atoms with E-state index < -0.39 is 46.1 Å². The molecule has 0 saturated heterocycles. The lowest BCUT2D eigenvalue weighted by Gasteiger charge is -2.35. The first-order valence-corrected chi connectivity index (χ1v) is 10.5. The molecule has 2 aromatic carbocycles. The molecule has 11 heteroatoms. The molecule has 2 atom stereocenters. The van der Waals surface area contributed by atoms with Crippen molar-refractivity contribution in [2.75, 3.05) is 0 Å². The number of carbonyl (C=O) groups is 2. The number of phenols is 1. The number of halogens is 2. The largest absolute Gasteiger partial charge is 0.507 e. The molecule has 1 aliphatic carbocycles. The number of non-ortho nitro benzene ring substituents is 1. The fraction of sp³-hybridized carbons (Fsp3) is 0.174. The molecule has 0 unspecified atom stereocenters. The van der Waals surface area contributed by atoms with Crippen molar-refractivity contribution in [1.29, 1.82) is 0 Å². The molecule has 34 heavy (non-hydrogen) atoms. The number of nitro benzene ring substituents is 1. The lowest BCUT2D eigenvalue weighted by atomic mass is 9.98. The van der Waals surface area contributed by atoms with Crippen LogP contribution < -0.4 is 5.73 Å². The van der Waals surface area contributed by atoms with E-state index in [-0.39, 0.29) is 23.4 Å². The van der Waals surface area contributed by atoms with Crippen LogP contribution in [0.3, 0.4) is 0 Å². The van der Waals surface area contributed by atoms with E-state index in [2.05, 4.69) is 4.98 Å². The SMILES string of the molecule is NC(=O)[C@@H](c1cccnc1)N(C(=O)c1ccc([N+](=O)[O-])cc1O)[C@@H]1CCc2c(F)cc(Cl)cc21. The number of hydrogen-bond acceptors (Lipinski definition) is 6. The number of nitrogens with zero attached hydrogens (tertiary/aromatic N) is 3. The van der Waals surface area contributed by atoms with Crippen molar-refractivity contribution in [3.8, 4) is 5.75 Å². The minimum absolute atomic E-state index is 0.116. The van der Waals surface area contributed by atoms with Crippen LogP contribution in [-0.2, 0) is 11.2 Å². The van der Waals surface area contributed by atoms with Crippen LogP contribution in [0.4, 0.5) is 10.1 Å². The Morgan fingerprint density at radius 3 is 2.68 bits per heavy atom. The number of rotatable bonds is 6. The van der Waals surface area contributed by atoms with Crippen molar-refractivity contribution in [1.82, 2.24) is 9.88 Å². The molecular formula is C23H18ClFN4O5. The predicted molar refractivity (Wildman–Crippen MR) is 120 cm³/mol. The lowest BCUT2D eigenvalue weighted by molar-refractivity contribution is -0.384. The van der Waals surface area contributed by atoms with E-state index >= 15 is 0 Å². The maximum atomic E-state index is 14.6. The van der Waals surface area contributed by atoms with Crippen LogP contribution in [0.2, 0.25) is 5.02 Å². The van der Waals surface area contributed by atoms with Crippen molar-refractivity contribution in [3.63, 3.8) is 0 Å². The summed E-state index contributed by atoms with van der Waals surface area (Å²) in [7, 11) is 0. The van der Waals surface area contributed by atoms with Crippen LogP contribution in [0, 0.1) is 15.9 Å². The first-order chi connectivity index (χ1) is 16.2. The molecule has 1 aliphatic rings. The van der Waals surface area contributed by atoms with Crippen LogP contribution in [0.5, 0.6) is 5.75 Å². The maximum absolute atomic E-state index is 14.6. The highest BCUT2D eigenvalue weighted by atomic mass is 35.5. The predicted octanol–water partition coefficient (Wildman–Crippen LogP) is 3.84. The van der Waals surface area contributed by atoms with Crippen LogP contribution in [0.15, 0.2) is 54.9 Å². The van der Waals surface area contributed by atoms with Gasteiger partial charge in [0.05, 0.1) is 22.6 Å². The molecule has 1 heterocycles. The average molecular weight is 485 g/mol. The number of nitro groups is 1. The van der Waals surface area contributed by atoms with Crippen molar-refractivity contribution in [2.24, 2.45) is 5.73 Å². The van der Waals surface area contributed by atoms with E-state index in [1.807, 2.05) is 0 Å². The number of amides is 2. The highest BCUT2D eigenvalue weighted by Gasteiger charge is 2.41. The summed E-state index contributed by atoms with van der Waals surface area (Å²) in [6.07, 6.45) is 3.39. The van der Waals surface area contributed by atoms with Gasteiger partial charge in [-0.05, 0) is 48.2 Å². The third-order valence-corrected chi connectivity index (χ3v) is 5.98. The summed E-state index contributed by atoms with van der Waals surface area (Å²) in [5, 5.41) is 21.6. The standard InChI is InChI=1S/C23H18ClFN4O5/c24-13-8-17-15(18(25)9-13)5-6-19(17)28(21(22(26)31)12-2-1-7-27-11-12)23(32)16-4-3-14(29(33)34)10-20(16)30/h1-4,7-11,19,21,30H,5-6H2,(H2,26,31)/t19-,21-/m1/s1. The van der Waals surface area contributed by atoms with Crippen LogP contribution in [0.1, 0.15) is 45.6 Å². The molecule has 2 amide bonds. The maximum Gasteiger partial charge on any atom is 0.273 e. The molecule has 0 radical (unpaired) electrons. The minimum Gasteiger partial charge on any atom is -0.507 e. The Labute approximate surface area is 197 Å². The fourth-order valence-corrected chi connectivity index (χ4v) is 4.52. The average Bonchev–Trinajstić information content (AvgIpc) is 3.20. The van der Waals surface area contributed by atoms with Gasteiger partial charge in [0, 0.05) is 29.0 Å². The summed E-state index contributed by atoms with van der Waals surface area (Å²) in [6, 6.07) is 6.68. The summed E-state index contributed by atoms with van der Waals surface area (Å²) < 4.78 is 14.6. The Morgan fingerprint density at radius 1 is 1.29 bits per heavy atom. The highest BCUT2D eigenvalue weighted by molar-refractivity contribution is 6.30. The Balaban J connectivity index is 1.89. The second-order valence-corrected chi connectivity index (χ2v) is 8.21. The Kier molecular flexibility index (Phi) is 6.16. The first-order valence-electron chi connectivity index (χ1n) is 10.2. The van der Waals surface area contributed by atoms with Gasteiger partial charge in [0.25, 0.3) is 11.6 Å². The molecule has 0 saturated carbocycles. The normalized spacial score (nSPS) is 15.4. The number of phenolic OH excluding ortho intramolecular Hbond substituents is 1. The summed E-state index contributed by atoms with van der Waals surface area (Å²) >= 11 is 6.08. The number of nitrogens with two attached hydrogens (primary N) is 1. The monoisotopic (exact) mass is 484 g/mol. The first kappa shape index (κ1) is 23.1. The number of carbonyl (C=O) groups excluding carboxylic acids is 2. The molecule has 1 aromatic heterocycles. The zero-order chi connectivity index (χ0) is 24.6. The van der Waals surface area contributed by atoms with Gasteiger partial charge >= 0.3 is 0 Å². The Bertz CT molecular complexity index is 1300. The summed E-state index contributed by atoms with van der Waals surface area (Å²) in [4.78, 5) is 41.9. The Morgan fingerprint density at radius 2 is 2.06 bits per heavy atom. The van der Waals surface area contributed by atoms with Gasteiger partial charge in [0.2, 0.25) is 5.91 Å². The van der Waals surface area contributed by atoms with Gasteiger partial charge in [-0.15, -0.1) is 0 Å².